The van der Waals surface area contributed by atoms with Crippen LogP contribution in [0, 0.1) is 6.92 Å². The molecule has 1 aromatic heterocycles. The Morgan fingerprint density at radius 3 is 2.72 bits per heavy atom. The van der Waals surface area contributed by atoms with Crippen molar-refractivity contribution in [3.63, 3.8) is 0 Å². The highest BCUT2D eigenvalue weighted by atomic mass is 35.5. The first-order valence-electron chi connectivity index (χ1n) is 7.54. The van der Waals surface area contributed by atoms with E-state index in [0.29, 0.717) is 22.2 Å². The Balaban J connectivity index is 1.77. The predicted molar refractivity (Wildman–Crippen MR) is 93.1 cm³/mol. The van der Waals surface area contributed by atoms with Crippen molar-refractivity contribution in [2.24, 2.45) is 0 Å². The van der Waals surface area contributed by atoms with E-state index in [2.05, 4.69) is 20.8 Å². The van der Waals surface area contributed by atoms with Gasteiger partial charge in [0.05, 0.1) is 24.9 Å². The van der Waals surface area contributed by atoms with Gasteiger partial charge in [0.1, 0.15) is 5.75 Å². The molecule has 0 aliphatic rings. The Labute approximate surface area is 149 Å². The molecule has 3 rings (SSSR count). The largest absolute Gasteiger partial charge is 0.496 e. The van der Waals surface area contributed by atoms with Crippen molar-refractivity contribution < 1.29 is 9.53 Å². The molecule has 0 saturated carbocycles. The molecule has 0 bridgehead atoms. The quantitative estimate of drug-likeness (QED) is 0.758. The zero-order chi connectivity index (χ0) is 17.8. The minimum absolute atomic E-state index is 0.162. The van der Waals surface area contributed by atoms with E-state index in [1.165, 1.54) is 7.11 Å². The van der Waals surface area contributed by atoms with Gasteiger partial charge in [-0.15, -0.1) is 5.10 Å². The molecule has 1 heterocycles. The second-order valence-corrected chi connectivity index (χ2v) is 5.81. The SMILES string of the molecule is COc1ccc(Cl)cc1C(=O)NCc1nnnn1-c1ccc(C)cc1. The van der Waals surface area contributed by atoms with Gasteiger partial charge >= 0.3 is 0 Å². The minimum Gasteiger partial charge on any atom is -0.496 e. The van der Waals surface area contributed by atoms with E-state index in [1.807, 2.05) is 31.2 Å². The summed E-state index contributed by atoms with van der Waals surface area (Å²) in [5.74, 6) is 0.635. The summed E-state index contributed by atoms with van der Waals surface area (Å²) >= 11 is 5.96. The number of methoxy groups -OCH3 is 1. The van der Waals surface area contributed by atoms with E-state index < -0.39 is 0 Å². The van der Waals surface area contributed by atoms with E-state index in [-0.39, 0.29) is 12.5 Å². The van der Waals surface area contributed by atoms with Gasteiger partial charge in [-0.25, -0.2) is 0 Å². The molecular formula is C17H16ClN5O2. The van der Waals surface area contributed by atoms with Crippen molar-refractivity contribution in [2.75, 3.05) is 7.11 Å². The maximum absolute atomic E-state index is 12.4. The molecular weight excluding hydrogens is 342 g/mol. The summed E-state index contributed by atoms with van der Waals surface area (Å²) in [5, 5.41) is 14.9. The fraction of sp³-hybridized carbons (Fsp3) is 0.176. The molecule has 0 radical (unpaired) electrons. The standard InChI is InChI=1S/C17H16ClN5O2/c1-11-3-6-13(7-4-11)23-16(20-21-22-23)10-19-17(24)14-9-12(18)5-8-15(14)25-2/h3-9H,10H2,1-2H3,(H,19,24). The molecule has 25 heavy (non-hydrogen) atoms. The second-order valence-electron chi connectivity index (χ2n) is 5.37. The first-order chi connectivity index (χ1) is 12.1. The average molecular weight is 358 g/mol. The molecule has 3 aromatic rings. The molecule has 0 saturated heterocycles. The van der Waals surface area contributed by atoms with Gasteiger partial charge in [0.2, 0.25) is 0 Å². The molecule has 0 aliphatic heterocycles. The van der Waals surface area contributed by atoms with Crippen molar-refractivity contribution in [1.82, 2.24) is 25.5 Å². The van der Waals surface area contributed by atoms with E-state index in [0.717, 1.165) is 11.3 Å². The van der Waals surface area contributed by atoms with Crippen LogP contribution >= 0.6 is 11.6 Å². The average Bonchev–Trinajstić information content (AvgIpc) is 3.09. The lowest BCUT2D eigenvalue weighted by Gasteiger charge is -2.10. The van der Waals surface area contributed by atoms with Crippen LogP contribution in [0.2, 0.25) is 5.02 Å². The number of amides is 1. The maximum Gasteiger partial charge on any atom is 0.255 e. The lowest BCUT2D eigenvalue weighted by atomic mass is 10.2. The number of carbonyl (C=O) groups excluding carboxylic acids is 1. The van der Waals surface area contributed by atoms with Crippen LogP contribution in [0.5, 0.6) is 5.75 Å². The van der Waals surface area contributed by atoms with Crippen molar-refractivity contribution in [1.29, 1.82) is 0 Å². The molecule has 8 heteroatoms. The third-order valence-electron chi connectivity index (χ3n) is 3.63. The summed E-state index contributed by atoms with van der Waals surface area (Å²) < 4.78 is 6.78. The summed E-state index contributed by atoms with van der Waals surface area (Å²) in [6.07, 6.45) is 0. The van der Waals surface area contributed by atoms with E-state index in [1.54, 1.807) is 22.9 Å². The second kappa shape index (κ2) is 7.31. The van der Waals surface area contributed by atoms with Gasteiger partial charge in [0.25, 0.3) is 5.91 Å². The Kier molecular flexibility index (Phi) is 4.95. The van der Waals surface area contributed by atoms with E-state index >= 15 is 0 Å². The molecule has 0 atom stereocenters. The third-order valence-corrected chi connectivity index (χ3v) is 3.86. The number of carbonyl (C=O) groups is 1. The molecule has 1 N–H and O–H groups in total. The third kappa shape index (κ3) is 3.77. The molecule has 2 aromatic carbocycles. The van der Waals surface area contributed by atoms with Crippen LogP contribution in [-0.4, -0.2) is 33.2 Å². The number of aryl methyl sites for hydroxylation is 1. The summed E-state index contributed by atoms with van der Waals surface area (Å²) in [4.78, 5) is 12.4. The fourth-order valence-electron chi connectivity index (χ4n) is 2.31. The van der Waals surface area contributed by atoms with Crippen LogP contribution in [0.25, 0.3) is 5.69 Å². The fourth-order valence-corrected chi connectivity index (χ4v) is 2.49. The minimum atomic E-state index is -0.321. The van der Waals surface area contributed by atoms with Crippen molar-refractivity contribution in [3.8, 4) is 11.4 Å². The number of ether oxygens (including phenoxy) is 1. The number of hydrogen-bond donors (Lipinski definition) is 1. The van der Waals surface area contributed by atoms with Gasteiger partial charge in [-0.2, -0.15) is 4.68 Å². The molecule has 0 spiro atoms. The topological polar surface area (TPSA) is 81.9 Å². The molecule has 128 valence electrons. The number of hydrogen-bond acceptors (Lipinski definition) is 5. The smallest absolute Gasteiger partial charge is 0.255 e. The van der Waals surface area contributed by atoms with Gasteiger partial charge in [0.15, 0.2) is 5.82 Å². The highest BCUT2D eigenvalue weighted by molar-refractivity contribution is 6.31. The summed E-state index contributed by atoms with van der Waals surface area (Å²) in [5.41, 5.74) is 2.31. The molecule has 1 amide bonds. The normalized spacial score (nSPS) is 10.5. The molecule has 7 nitrogen and oxygen atoms in total. The lowest BCUT2D eigenvalue weighted by molar-refractivity contribution is 0.0946. The van der Waals surface area contributed by atoms with Crippen molar-refractivity contribution in [2.45, 2.75) is 13.5 Å². The van der Waals surface area contributed by atoms with E-state index in [9.17, 15) is 4.79 Å². The summed E-state index contributed by atoms with van der Waals surface area (Å²) in [6.45, 7) is 2.16. The Morgan fingerprint density at radius 2 is 2.00 bits per heavy atom. The number of benzene rings is 2. The zero-order valence-electron chi connectivity index (χ0n) is 13.7. The first-order valence-corrected chi connectivity index (χ1v) is 7.92. The zero-order valence-corrected chi connectivity index (χ0v) is 14.5. The maximum atomic E-state index is 12.4. The Bertz CT molecular complexity index is 892. The van der Waals surface area contributed by atoms with Crippen molar-refractivity contribution in [3.05, 3.63) is 64.4 Å². The van der Waals surface area contributed by atoms with Crippen molar-refractivity contribution >= 4 is 17.5 Å². The van der Waals surface area contributed by atoms with Crippen LogP contribution in [-0.2, 0) is 6.54 Å². The predicted octanol–water partition coefficient (Wildman–Crippen LogP) is 2.56. The number of nitrogens with one attached hydrogen (secondary N) is 1. The van der Waals surface area contributed by atoms with Crippen LogP contribution < -0.4 is 10.1 Å². The number of nitrogens with zero attached hydrogens (tertiary/aromatic N) is 4. The van der Waals surface area contributed by atoms with Crippen LogP contribution in [0.15, 0.2) is 42.5 Å². The van der Waals surface area contributed by atoms with Gasteiger partial charge in [-0.3, -0.25) is 4.79 Å². The summed E-state index contributed by atoms with van der Waals surface area (Å²) in [7, 11) is 1.50. The highest BCUT2D eigenvalue weighted by Crippen LogP contribution is 2.22. The number of rotatable bonds is 5. The van der Waals surface area contributed by atoms with Gasteiger partial charge in [-0.1, -0.05) is 29.3 Å². The lowest BCUT2D eigenvalue weighted by Crippen LogP contribution is -2.25. The Hall–Kier alpha value is -2.93. The number of halogens is 1. The number of aromatic nitrogens is 4. The molecule has 0 fully saturated rings. The first kappa shape index (κ1) is 16.9. The van der Waals surface area contributed by atoms with Gasteiger partial charge in [-0.05, 0) is 47.7 Å². The molecule has 0 aliphatic carbocycles. The van der Waals surface area contributed by atoms with E-state index in [4.69, 9.17) is 16.3 Å². The molecule has 0 unspecified atom stereocenters. The van der Waals surface area contributed by atoms with Crippen LogP contribution in [0.1, 0.15) is 21.7 Å². The van der Waals surface area contributed by atoms with Gasteiger partial charge < -0.3 is 10.1 Å². The Morgan fingerprint density at radius 1 is 1.24 bits per heavy atom. The van der Waals surface area contributed by atoms with Crippen LogP contribution in [0.3, 0.4) is 0 Å². The van der Waals surface area contributed by atoms with Crippen LogP contribution in [0.4, 0.5) is 0 Å². The number of tetrazole rings is 1. The summed E-state index contributed by atoms with van der Waals surface area (Å²) in [6, 6.07) is 12.6. The highest BCUT2D eigenvalue weighted by Gasteiger charge is 2.15. The monoisotopic (exact) mass is 357 g/mol. The van der Waals surface area contributed by atoms with Gasteiger partial charge in [0, 0.05) is 5.02 Å².